The van der Waals surface area contributed by atoms with E-state index in [-0.39, 0.29) is 23.7 Å². The van der Waals surface area contributed by atoms with E-state index in [1.807, 2.05) is 6.92 Å². The lowest BCUT2D eigenvalue weighted by Gasteiger charge is -2.25. The summed E-state index contributed by atoms with van der Waals surface area (Å²) in [6, 6.07) is 0. The molecule has 1 aliphatic rings. The second kappa shape index (κ2) is 3.35. The van der Waals surface area contributed by atoms with Gasteiger partial charge in [0, 0.05) is 5.41 Å². The highest BCUT2D eigenvalue weighted by Crippen LogP contribution is 2.30. The average molecular weight is 170 g/mol. The van der Waals surface area contributed by atoms with Gasteiger partial charge in [0.25, 0.3) is 0 Å². The van der Waals surface area contributed by atoms with Crippen molar-refractivity contribution in [3.63, 3.8) is 0 Å². The van der Waals surface area contributed by atoms with Gasteiger partial charge in [-0.3, -0.25) is 0 Å². The summed E-state index contributed by atoms with van der Waals surface area (Å²) in [5.41, 5.74) is 0.0453. The van der Waals surface area contributed by atoms with Crippen molar-refractivity contribution in [1.29, 1.82) is 0 Å². The Morgan fingerprint density at radius 3 is 2.25 bits per heavy atom. The van der Waals surface area contributed by atoms with Crippen LogP contribution in [0.3, 0.4) is 0 Å². The van der Waals surface area contributed by atoms with Crippen molar-refractivity contribution in [2.75, 3.05) is 6.61 Å². The number of ether oxygens (including phenoxy) is 2. The zero-order valence-electron chi connectivity index (χ0n) is 8.33. The first-order chi connectivity index (χ1) is 5.41. The minimum Gasteiger partial charge on any atom is -0.349 e. The van der Waals surface area contributed by atoms with E-state index in [1.165, 1.54) is 0 Å². The van der Waals surface area contributed by atoms with Crippen LogP contribution in [0.25, 0.3) is 0 Å². The molecule has 1 aliphatic heterocycles. The first-order valence-electron chi connectivity index (χ1n) is 4.44. The Balaban J connectivity index is 2.46. The van der Waals surface area contributed by atoms with Crippen molar-refractivity contribution in [3.05, 3.63) is 6.92 Å². The smallest absolute Gasteiger partial charge is 0.162 e. The van der Waals surface area contributed by atoms with Gasteiger partial charge in [-0.2, -0.15) is 0 Å². The topological polar surface area (TPSA) is 18.5 Å². The van der Waals surface area contributed by atoms with E-state index in [1.54, 1.807) is 0 Å². The molecule has 0 aromatic carbocycles. The van der Waals surface area contributed by atoms with Gasteiger partial charge in [0.2, 0.25) is 0 Å². The van der Waals surface area contributed by atoms with Crippen molar-refractivity contribution in [1.82, 2.24) is 0 Å². The fraction of sp³-hybridized carbons (Fsp3) is 0.900. The maximum atomic E-state index is 5.70. The van der Waals surface area contributed by atoms with E-state index in [0.29, 0.717) is 6.61 Å². The Hall–Kier alpha value is -0.0800. The predicted octanol–water partition coefficient (Wildman–Crippen LogP) is 2.12. The zero-order valence-corrected chi connectivity index (χ0v) is 8.33. The first kappa shape index (κ1) is 10.0. The Labute approximate surface area is 75.2 Å². The molecule has 0 spiro atoms. The normalized spacial score (nSPS) is 31.5. The summed E-state index contributed by atoms with van der Waals surface area (Å²) in [6.07, 6.45) is -0.0391. The van der Waals surface area contributed by atoms with Gasteiger partial charge in [-0.1, -0.05) is 27.7 Å². The van der Waals surface area contributed by atoms with Gasteiger partial charge in [-0.25, -0.2) is 0 Å². The largest absolute Gasteiger partial charge is 0.349 e. The number of hydrogen-bond acceptors (Lipinski definition) is 2. The van der Waals surface area contributed by atoms with Gasteiger partial charge >= 0.3 is 0 Å². The molecule has 1 saturated heterocycles. The molecule has 1 heterocycles. The fourth-order valence-corrected chi connectivity index (χ4v) is 1.15. The second-order valence-electron chi connectivity index (χ2n) is 4.56. The third-order valence-electron chi connectivity index (χ3n) is 2.00. The molecule has 1 rings (SSSR count). The van der Waals surface area contributed by atoms with E-state index in [9.17, 15) is 0 Å². The van der Waals surface area contributed by atoms with Crippen molar-refractivity contribution in [3.8, 4) is 0 Å². The van der Waals surface area contributed by atoms with Gasteiger partial charge in [0.15, 0.2) is 6.29 Å². The van der Waals surface area contributed by atoms with Gasteiger partial charge in [0.05, 0.1) is 12.7 Å². The maximum absolute atomic E-state index is 5.70. The SMILES string of the molecule is [CH]C(C)C1COC(C(C)(C)C)O1. The van der Waals surface area contributed by atoms with Gasteiger partial charge in [-0.05, 0) is 12.8 Å². The molecule has 0 bridgehead atoms. The van der Waals surface area contributed by atoms with Crippen LogP contribution in [0.2, 0.25) is 0 Å². The molecule has 0 aliphatic carbocycles. The minimum atomic E-state index is -0.103. The Kier molecular flexibility index (Phi) is 2.79. The summed E-state index contributed by atoms with van der Waals surface area (Å²) in [5, 5.41) is 0. The van der Waals surface area contributed by atoms with Crippen LogP contribution in [0.15, 0.2) is 0 Å². The van der Waals surface area contributed by atoms with Crippen LogP contribution >= 0.6 is 0 Å². The van der Waals surface area contributed by atoms with Gasteiger partial charge in [-0.15, -0.1) is 0 Å². The van der Waals surface area contributed by atoms with E-state index in [4.69, 9.17) is 16.4 Å². The van der Waals surface area contributed by atoms with Crippen molar-refractivity contribution in [2.45, 2.75) is 40.1 Å². The maximum Gasteiger partial charge on any atom is 0.162 e. The van der Waals surface area contributed by atoms with E-state index in [0.717, 1.165) is 0 Å². The van der Waals surface area contributed by atoms with Crippen molar-refractivity contribution >= 4 is 0 Å². The second-order valence-corrected chi connectivity index (χ2v) is 4.56. The Morgan fingerprint density at radius 1 is 1.42 bits per heavy atom. The number of rotatable bonds is 1. The van der Waals surface area contributed by atoms with Crippen molar-refractivity contribution in [2.24, 2.45) is 11.3 Å². The lowest BCUT2D eigenvalue weighted by molar-refractivity contribution is -0.127. The number of hydrogen-bond donors (Lipinski definition) is 0. The summed E-state index contributed by atoms with van der Waals surface area (Å²) in [7, 11) is 0. The summed E-state index contributed by atoms with van der Waals surface area (Å²) in [6.45, 7) is 14.6. The highest BCUT2D eigenvalue weighted by Gasteiger charge is 2.36. The molecular formula is C10H18O2. The Morgan fingerprint density at radius 2 is 2.00 bits per heavy atom. The lowest BCUT2D eigenvalue weighted by atomic mass is 9.96. The van der Waals surface area contributed by atoms with Crippen LogP contribution in [0.5, 0.6) is 0 Å². The predicted molar refractivity (Wildman–Crippen MR) is 47.5 cm³/mol. The molecule has 3 unspecified atom stereocenters. The van der Waals surface area contributed by atoms with E-state index < -0.39 is 0 Å². The van der Waals surface area contributed by atoms with Crippen LogP contribution in [-0.4, -0.2) is 19.0 Å². The quantitative estimate of drug-likeness (QED) is 0.600. The molecule has 2 heteroatoms. The molecule has 0 saturated carbocycles. The molecule has 0 aromatic rings. The van der Waals surface area contributed by atoms with Crippen molar-refractivity contribution < 1.29 is 9.47 Å². The summed E-state index contributed by atoms with van der Waals surface area (Å²) in [4.78, 5) is 0. The first-order valence-corrected chi connectivity index (χ1v) is 4.44. The summed E-state index contributed by atoms with van der Waals surface area (Å²) in [5.74, 6) is 0.0531. The molecule has 3 atom stereocenters. The molecule has 70 valence electrons. The van der Waals surface area contributed by atoms with E-state index >= 15 is 0 Å². The third-order valence-corrected chi connectivity index (χ3v) is 2.00. The molecule has 1 fully saturated rings. The Bertz CT molecular complexity index is 146. The standard InChI is InChI=1S/C10H18O2/c1-7(2)8-6-11-9(12-8)10(3,4)5/h1,7-9H,6H2,2-5H3. The van der Waals surface area contributed by atoms with Crippen LogP contribution in [0.1, 0.15) is 27.7 Å². The third kappa shape index (κ3) is 2.20. The van der Waals surface area contributed by atoms with Crippen LogP contribution in [0.4, 0.5) is 0 Å². The van der Waals surface area contributed by atoms with Gasteiger partial charge in [0.1, 0.15) is 0 Å². The van der Waals surface area contributed by atoms with E-state index in [2.05, 4.69) is 20.8 Å². The average Bonchev–Trinajstić information content (AvgIpc) is 2.30. The zero-order chi connectivity index (χ0) is 9.35. The van der Waals surface area contributed by atoms with Crippen LogP contribution in [0, 0.1) is 18.3 Å². The monoisotopic (exact) mass is 170 g/mol. The van der Waals surface area contributed by atoms with Gasteiger partial charge < -0.3 is 9.47 Å². The molecular weight excluding hydrogens is 152 g/mol. The summed E-state index contributed by atoms with van der Waals surface area (Å²) < 4.78 is 11.1. The molecule has 2 nitrogen and oxygen atoms in total. The van der Waals surface area contributed by atoms with Crippen LogP contribution < -0.4 is 0 Å². The minimum absolute atomic E-state index is 0.0453. The molecule has 0 amide bonds. The summed E-state index contributed by atoms with van der Waals surface area (Å²) >= 11 is 0. The highest BCUT2D eigenvalue weighted by molar-refractivity contribution is 4.78. The highest BCUT2D eigenvalue weighted by atomic mass is 16.7. The molecule has 0 N–H and O–H groups in total. The lowest BCUT2D eigenvalue weighted by Crippen LogP contribution is -2.28. The molecule has 0 aromatic heterocycles. The fourth-order valence-electron chi connectivity index (χ4n) is 1.15. The van der Waals surface area contributed by atoms with Crippen LogP contribution in [-0.2, 0) is 9.47 Å². The molecule has 12 heavy (non-hydrogen) atoms. The molecule has 2 radical (unpaired) electrons.